The third kappa shape index (κ3) is 7.42. The zero-order chi connectivity index (χ0) is 30.4. The molecule has 0 aliphatic heterocycles. The summed E-state index contributed by atoms with van der Waals surface area (Å²) in [6.07, 6.45) is 0. The van der Waals surface area contributed by atoms with Crippen LogP contribution in [0.25, 0.3) is 11.1 Å². The number of phenols is 3. The van der Waals surface area contributed by atoms with Crippen LogP contribution in [-0.2, 0) is 16.2 Å². The Morgan fingerprint density at radius 1 is 0.487 bits per heavy atom. The SMILES string of the molecule is Cc1c(Br)cc(C(C)(C)C)c(O)c1-c1c(C)c(Br)cc(C(C)(C)C)c1O.Cc1cc(O)c(C(C)(C)C)cc1Br. The van der Waals surface area contributed by atoms with E-state index >= 15 is 0 Å². The fourth-order valence-electron chi connectivity index (χ4n) is 4.49. The predicted molar refractivity (Wildman–Crippen MR) is 177 cm³/mol. The molecular formula is C33H43Br3O3. The van der Waals surface area contributed by atoms with Gasteiger partial charge in [-0.15, -0.1) is 0 Å². The molecule has 0 saturated heterocycles. The topological polar surface area (TPSA) is 60.7 Å². The first kappa shape index (κ1) is 33.7. The van der Waals surface area contributed by atoms with E-state index in [9.17, 15) is 15.3 Å². The van der Waals surface area contributed by atoms with Gasteiger partial charge in [-0.1, -0.05) is 110 Å². The number of phenolic OH excluding ortho intramolecular Hbond substituents is 3. The largest absolute Gasteiger partial charge is 0.508 e. The van der Waals surface area contributed by atoms with Crippen molar-refractivity contribution in [1.82, 2.24) is 0 Å². The van der Waals surface area contributed by atoms with Crippen LogP contribution in [0.3, 0.4) is 0 Å². The van der Waals surface area contributed by atoms with Crippen LogP contribution in [0.15, 0.2) is 37.7 Å². The second-order valence-corrected chi connectivity index (χ2v) is 15.9. The van der Waals surface area contributed by atoms with Gasteiger partial charge in [0.25, 0.3) is 0 Å². The highest BCUT2D eigenvalue weighted by Crippen LogP contribution is 2.50. The molecule has 0 bridgehead atoms. The monoisotopic (exact) mass is 724 g/mol. The first-order valence-corrected chi connectivity index (χ1v) is 15.4. The Kier molecular flexibility index (Phi) is 10.2. The first-order valence-electron chi connectivity index (χ1n) is 13.0. The fraction of sp³-hybridized carbons (Fsp3) is 0.455. The predicted octanol–water partition coefficient (Wildman–Crippen LogP) is 11.3. The van der Waals surface area contributed by atoms with Gasteiger partial charge in [-0.2, -0.15) is 0 Å². The van der Waals surface area contributed by atoms with E-state index in [0.29, 0.717) is 16.9 Å². The van der Waals surface area contributed by atoms with Crippen LogP contribution < -0.4 is 0 Å². The molecule has 0 saturated carbocycles. The molecule has 0 fully saturated rings. The quantitative estimate of drug-likeness (QED) is 0.234. The second-order valence-electron chi connectivity index (χ2n) is 13.4. The summed E-state index contributed by atoms with van der Waals surface area (Å²) in [5.74, 6) is 0.845. The van der Waals surface area contributed by atoms with Gasteiger partial charge in [-0.05, 0) is 78.0 Å². The third-order valence-corrected chi connectivity index (χ3v) is 9.45. The molecular weight excluding hydrogens is 684 g/mol. The highest BCUT2D eigenvalue weighted by molar-refractivity contribution is 9.11. The van der Waals surface area contributed by atoms with E-state index in [-0.39, 0.29) is 27.7 Å². The maximum Gasteiger partial charge on any atom is 0.127 e. The number of rotatable bonds is 1. The Morgan fingerprint density at radius 3 is 1.10 bits per heavy atom. The van der Waals surface area contributed by atoms with Gasteiger partial charge in [-0.25, -0.2) is 0 Å². The maximum atomic E-state index is 11.2. The minimum atomic E-state index is -0.225. The number of halogens is 3. The first-order chi connectivity index (χ1) is 17.5. The molecule has 0 radical (unpaired) electrons. The summed E-state index contributed by atoms with van der Waals surface area (Å²) < 4.78 is 2.90. The van der Waals surface area contributed by atoms with Crippen molar-refractivity contribution in [3.8, 4) is 28.4 Å². The van der Waals surface area contributed by atoms with Crippen molar-refractivity contribution in [2.24, 2.45) is 0 Å². The molecule has 0 aromatic heterocycles. The van der Waals surface area contributed by atoms with Crippen molar-refractivity contribution >= 4 is 47.8 Å². The zero-order valence-corrected chi connectivity index (χ0v) is 30.0. The molecule has 0 amide bonds. The van der Waals surface area contributed by atoms with E-state index in [1.54, 1.807) is 6.07 Å². The number of aromatic hydroxyl groups is 3. The number of hydrogen-bond acceptors (Lipinski definition) is 3. The van der Waals surface area contributed by atoms with Crippen LogP contribution in [0, 0.1) is 20.8 Å². The van der Waals surface area contributed by atoms with Gasteiger partial charge in [-0.3, -0.25) is 0 Å². The number of hydrogen-bond donors (Lipinski definition) is 3. The molecule has 0 spiro atoms. The third-order valence-electron chi connectivity index (χ3n) is 6.94. The Bertz CT molecular complexity index is 1310. The highest BCUT2D eigenvalue weighted by atomic mass is 79.9. The summed E-state index contributed by atoms with van der Waals surface area (Å²) in [5.41, 5.74) is 6.46. The van der Waals surface area contributed by atoms with E-state index in [4.69, 9.17) is 0 Å². The van der Waals surface area contributed by atoms with Crippen LogP contribution >= 0.6 is 47.8 Å². The Balaban J connectivity index is 0.000000344. The number of benzene rings is 3. The summed E-state index contributed by atoms with van der Waals surface area (Å²) in [6, 6.07) is 7.74. The lowest BCUT2D eigenvalue weighted by atomic mass is 9.80. The Hall–Kier alpha value is -1.50. The van der Waals surface area contributed by atoms with Crippen molar-refractivity contribution in [2.75, 3.05) is 0 Å². The van der Waals surface area contributed by atoms with E-state index in [2.05, 4.69) is 110 Å². The van der Waals surface area contributed by atoms with Crippen molar-refractivity contribution in [3.05, 3.63) is 71.1 Å². The normalized spacial score (nSPS) is 12.3. The molecule has 3 rings (SSSR count). The molecule has 0 aliphatic carbocycles. The average molecular weight is 727 g/mol. The minimum absolute atomic E-state index is 0.0136. The summed E-state index contributed by atoms with van der Waals surface area (Å²) in [4.78, 5) is 0. The summed E-state index contributed by atoms with van der Waals surface area (Å²) in [7, 11) is 0. The van der Waals surface area contributed by atoms with Gasteiger partial charge >= 0.3 is 0 Å². The summed E-state index contributed by atoms with van der Waals surface area (Å²) in [5, 5.41) is 32.1. The van der Waals surface area contributed by atoms with Crippen LogP contribution in [0.5, 0.6) is 17.2 Å². The van der Waals surface area contributed by atoms with Crippen molar-refractivity contribution in [3.63, 3.8) is 0 Å². The maximum absolute atomic E-state index is 11.2. The molecule has 3 aromatic rings. The molecule has 39 heavy (non-hydrogen) atoms. The standard InChI is InChI=1S/C22H28Br2O2.C11H15BrO/c1-11-15(23)9-13(21(3,4)5)19(25)17(11)18-12(2)16(24)10-14(20(18)26)22(6,7)8;1-7-5-10(13)8(6-9(7)12)11(2,3)4/h9-10,25-26H,1-8H3;5-6,13H,1-4H3. The molecule has 0 atom stereocenters. The molecule has 0 unspecified atom stereocenters. The van der Waals surface area contributed by atoms with Crippen molar-refractivity contribution in [1.29, 1.82) is 0 Å². The van der Waals surface area contributed by atoms with E-state index < -0.39 is 0 Å². The second kappa shape index (κ2) is 11.8. The molecule has 0 heterocycles. The van der Waals surface area contributed by atoms with Crippen LogP contribution in [0.2, 0.25) is 0 Å². The molecule has 0 aliphatic rings. The Labute approximate surface area is 260 Å². The summed E-state index contributed by atoms with van der Waals surface area (Å²) >= 11 is 10.7. The van der Waals surface area contributed by atoms with Crippen LogP contribution in [-0.4, -0.2) is 15.3 Å². The molecule has 6 heteroatoms. The van der Waals surface area contributed by atoms with E-state index in [1.807, 2.05) is 39.0 Å². The van der Waals surface area contributed by atoms with Gasteiger partial charge < -0.3 is 15.3 Å². The highest BCUT2D eigenvalue weighted by Gasteiger charge is 2.29. The van der Waals surface area contributed by atoms with Crippen molar-refractivity contribution in [2.45, 2.75) is 99.3 Å². The van der Waals surface area contributed by atoms with E-state index in [0.717, 1.165) is 46.8 Å². The molecule has 3 aromatic carbocycles. The smallest absolute Gasteiger partial charge is 0.127 e. The lowest BCUT2D eigenvalue weighted by Crippen LogP contribution is -2.14. The van der Waals surface area contributed by atoms with Gasteiger partial charge in [0.15, 0.2) is 0 Å². The van der Waals surface area contributed by atoms with Gasteiger partial charge in [0, 0.05) is 41.2 Å². The lowest BCUT2D eigenvalue weighted by molar-refractivity contribution is 0.439. The minimum Gasteiger partial charge on any atom is -0.508 e. The van der Waals surface area contributed by atoms with Gasteiger partial charge in [0.2, 0.25) is 0 Å². The van der Waals surface area contributed by atoms with Crippen molar-refractivity contribution < 1.29 is 15.3 Å². The Morgan fingerprint density at radius 2 is 0.795 bits per heavy atom. The van der Waals surface area contributed by atoms with Crippen LogP contribution in [0.4, 0.5) is 0 Å². The van der Waals surface area contributed by atoms with Gasteiger partial charge in [0.05, 0.1) is 0 Å². The average Bonchev–Trinajstić information content (AvgIpc) is 2.76. The molecule has 3 N–H and O–H groups in total. The number of aryl methyl sites for hydroxylation is 1. The fourth-order valence-corrected chi connectivity index (χ4v) is 5.69. The van der Waals surface area contributed by atoms with Crippen LogP contribution in [0.1, 0.15) is 95.7 Å². The zero-order valence-electron chi connectivity index (χ0n) is 25.3. The van der Waals surface area contributed by atoms with E-state index in [1.165, 1.54) is 0 Å². The molecule has 214 valence electrons. The van der Waals surface area contributed by atoms with Gasteiger partial charge in [0.1, 0.15) is 17.2 Å². The lowest BCUT2D eigenvalue weighted by Gasteiger charge is -2.28. The molecule has 3 nitrogen and oxygen atoms in total. The summed E-state index contributed by atoms with van der Waals surface area (Å²) in [6.45, 7) is 24.6.